The van der Waals surface area contributed by atoms with Crippen LogP contribution in [0.15, 0.2) is 101 Å². The highest BCUT2D eigenvalue weighted by Crippen LogP contribution is 2.27. The van der Waals surface area contributed by atoms with Gasteiger partial charge in [0.1, 0.15) is 12.0 Å². The highest BCUT2D eigenvalue weighted by atomic mass is 32.2. The van der Waals surface area contributed by atoms with Gasteiger partial charge >= 0.3 is 0 Å². The molecule has 0 aliphatic heterocycles. The normalized spacial score (nSPS) is 11.3. The molecule has 0 atom stereocenters. The molecular formula is C23H20N2O3S. The molecule has 0 fully saturated rings. The third-order valence-corrected chi connectivity index (χ3v) is 6.32. The summed E-state index contributed by atoms with van der Waals surface area (Å²) in [4.78, 5) is 4.73. The van der Waals surface area contributed by atoms with Gasteiger partial charge in [-0.05, 0) is 43.3 Å². The van der Waals surface area contributed by atoms with E-state index in [9.17, 15) is 8.42 Å². The fourth-order valence-corrected chi connectivity index (χ4v) is 4.42. The van der Waals surface area contributed by atoms with Crippen molar-refractivity contribution < 1.29 is 12.8 Å². The minimum atomic E-state index is -3.77. The van der Waals surface area contributed by atoms with E-state index in [1.165, 1.54) is 10.6 Å². The molecule has 0 aliphatic carbocycles. The van der Waals surface area contributed by atoms with E-state index >= 15 is 0 Å². The zero-order chi connectivity index (χ0) is 20.3. The molecule has 1 heterocycles. The summed E-state index contributed by atoms with van der Waals surface area (Å²) < 4.78 is 33.7. The van der Waals surface area contributed by atoms with Gasteiger partial charge in [0.05, 0.1) is 17.1 Å². The predicted molar refractivity (Wildman–Crippen MR) is 113 cm³/mol. The lowest BCUT2D eigenvalue weighted by Crippen LogP contribution is -2.30. The van der Waals surface area contributed by atoms with Crippen molar-refractivity contribution in [2.24, 2.45) is 0 Å². The zero-order valence-electron chi connectivity index (χ0n) is 15.9. The lowest BCUT2D eigenvalue weighted by molar-refractivity contribution is 0.572. The van der Waals surface area contributed by atoms with Gasteiger partial charge in [-0.25, -0.2) is 13.4 Å². The monoisotopic (exact) mass is 404 g/mol. The first-order valence-electron chi connectivity index (χ1n) is 9.18. The molecule has 0 aliphatic rings. The van der Waals surface area contributed by atoms with Gasteiger partial charge in [-0.3, -0.25) is 4.31 Å². The van der Waals surface area contributed by atoms with Gasteiger partial charge in [0.2, 0.25) is 5.89 Å². The summed E-state index contributed by atoms with van der Waals surface area (Å²) in [5.74, 6) is 0.460. The number of oxazole rings is 1. The second-order valence-corrected chi connectivity index (χ2v) is 8.53. The highest BCUT2D eigenvalue weighted by Gasteiger charge is 2.26. The van der Waals surface area contributed by atoms with Crippen LogP contribution >= 0.6 is 0 Å². The first-order chi connectivity index (χ1) is 14.0. The average molecular weight is 404 g/mol. The molecule has 0 saturated heterocycles. The Morgan fingerprint density at radius 3 is 2.14 bits per heavy atom. The molecule has 0 saturated carbocycles. The van der Waals surface area contributed by atoms with Crippen molar-refractivity contribution in [3.05, 3.63) is 102 Å². The van der Waals surface area contributed by atoms with Gasteiger partial charge in [0, 0.05) is 5.56 Å². The summed E-state index contributed by atoms with van der Waals surface area (Å²) in [6.07, 6.45) is 1.50. The third kappa shape index (κ3) is 4.07. The summed E-state index contributed by atoms with van der Waals surface area (Å²) in [6.45, 7) is 1.99. The molecule has 1 aromatic heterocycles. The summed E-state index contributed by atoms with van der Waals surface area (Å²) >= 11 is 0. The predicted octanol–water partition coefficient (Wildman–Crippen LogP) is 5.05. The Hall–Kier alpha value is -3.38. The number of nitrogens with zero attached hydrogens (tertiary/aromatic N) is 2. The van der Waals surface area contributed by atoms with E-state index in [2.05, 4.69) is 4.98 Å². The van der Waals surface area contributed by atoms with Crippen LogP contribution in [0.5, 0.6) is 0 Å². The molecule has 0 amide bonds. The minimum absolute atomic E-state index is 0.0660. The minimum Gasteiger partial charge on any atom is -0.444 e. The van der Waals surface area contributed by atoms with E-state index in [1.54, 1.807) is 36.4 Å². The van der Waals surface area contributed by atoms with Crippen molar-refractivity contribution in [3.63, 3.8) is 0 Å². The van der Waals surface area contributed by atoms with Gasteiger partial charge in [0.25, 0.3) is 10.0 Å². The lowest BCUT2D eigenvalue weighted by Gasteiger charge is -2.23. The van der Waals surface area contributed by atoms with E-state index in [1.807, 2.05) is 55.5 Å². The second-order valence-electron chi connectivity index (χ2n) is 6.67. The molecule has 4 aromatic rings. The maximum absolute atomic E-state index is 13.4. The van der Waals surface area contributed by atoms with Crippen LogP contribution in [0.25, 0.3) is 11.5 Å². The van der Waals surface area contributed by atoms with Gasteiger partial charge in [-0.2, -0.15) is 0 Å². The Balaban J connectivity index is 1.71. The second kappa shape index (κ2) is 7.93. The van der Waals surface area contributed by atoms with Crippen LogP contribution in [-0.4, -0.2) is 13.4 Å². The lowest BCUT2D eigenvalue weighted by atomic mass is 10.2. The molecule has 0 bridgehead atoms. The van der Waals surface area contributed by atoms with Crippen LogP contribution in [-0.2, 0) is 16.6 Å². The van der Waals surface area contributed by atoms with E-state index in [0.29, 0.717) is 17.3 Å². The quantitative estimate of drug-likeness (QED) is 0.451. The maximum Gasteiger partial charge on any atom is 0.264 e. The fourth-order valence-electron chi connectivity index (χ4n) is 2.99. The summed E-state index contributed by atoms with van der Waals surface area (Å²) in [6, 6.07) is 25.3. The zero-order valence-corrected chi connectivity index (χ0v) is 16.7. The van der Waals surface area contributed by atoms with Crippen molar-refractivity contribution in [1.29, 1.82) is 0 Å². The van der Waals surface area contributed by atoms with Crippen LogP contribution in [0.2, 0.25) is 0 Å². The number of hydrogen-bond donors (Lipinski definition) is 0. The number of hydrogen-bond acceptors (Lipinski definition) is 4. The van der Waals surface area contributed by atoms with Crippen molar-refractivity contribution in [2.45, 2.75) is 18.4 Å². The molecule has 5 nitrogen and oxygen atoms in total. The summed E-state index contributed by atoms with van der Waals surface area (Å²) in [5, 5.41) is 0. The van der Waals surface area contributed by atoms with Gasteiger partial charge in [-0.1, -0.05) is 54.1 Å². The third-order valence-electron chi connectivity index (χ3n) is 4.53. The number of sulfonamides is 1. The SMILES string of the molecule is Cc1ccc(S(=O)(=O)N(Cc2coc(-c3ccccc3)n2)c2ccccc2)cc1. The van der Waals surface area contributed by atoms with Crippen molar-refractivity contribution >= 4 is 15.7 Å². The highest BCUT2D eigenvalue weighted by molar-refractivity contribution is 7.92. The molecule has 6 heteroatoms. The van der Waals surface area contributed by atoms with E-state index in [4.69, 9.17) is 4.42 Å². The van der Waals surface area contributed by atoms with Gasteiger partial charge in [-0.15, -0.1) is 0 Å². The average Bonchev–Trinajstić information content (AvgIpc) is 3.22. The van der Waals surface area contributed by atoms with Crippen LogP contribution in [0, 0.1) is 6.92 Å². The van der Waals surface area contributed by atoms with Crippen LogP contribution in [0.1, 0.15) is 11.3 Å². The summed E-state index contributed by atoms with van der Waals surface area (Å²) in [7, 11) is -3.77. The molecule has 0 N–H and O–H groups in total. The fraction of sp³-hybridized carbons (Fsp3) is 0.0870. The van der Waals surface area contributed by atoms with Crippen molar-refractivity contribution in [3.8, 4) is 11.5 Å². The molecule has 0 radical (unpaired) electrons. The molecule has 146 valence electrons. The number of anilines is 1. The number of benzene rings is 3. The van der Waals surface area contributed by atoms with Crippen LogP contribution < -0.4 is 4.31 Å². The Bertz CT molecular complexity index is 1190. The van der Waals surface area contributed by atoms with Crippen molar-refractivity contribution in [1.82, 2.24) is 4.98 Å². The molecule has 0 unspecified atom stereocenters. The number of aromatic nitrogens is 1. The Labute approximate surface area is 170 Å². The topological polar surface area (TPSA) is 63.4 Å². The number of aryl methyl sites for hydroxylation is 1. The number of rotatable bonds is 6. The number of para-hydroxylation sites is 1. The van der Waals surface area contributed by atoms with E-state index in [0.717, 1.165) is 11.1 Å². The Morgan fingerprint density at radius 2 is 1.48 bits per heavy atom. The smallest absolute Gasteiger partial charge is 0.264 e. The van der Waals surface area contributed by atoms with Gasteiger partial charge < -0.3 is 4.42 Å². The largest absolute Gasteiger partial charge is 0.444 e. The first-order valence-corrected chi connectivity index (χ1v) is 10.6. The molecule has 0 spiro atoms. The summed E-state index contributed by atoms with van der Waals surface area (Å²) in [5.41, 5.74) is 2.94. The molecule has 3 aromatic carbocycles. The van der Waals surface area contributed by atoms with Crippen LogP contribution in [0.4, 0.5) is 5.69 Å². The molecule has 4 rings (SSSR count). The Morgan fingerprint density at radius 1 is 0.862 bits per heavy atom. The Kier molecular flexibility index (Phi) is 5.18. The van der Waals surface area contributed by atoms with Gasteiger partial charge in [0.15, 0.2) is 0 Å². The molecule has 29 heavy (non-hydrogen) atoms. The van der Waals surface area contributed by atoms with E-state index in [-0.39, 0.29) is 11.4 Å². The van der Waals surface area contributed by atoms with E-state index < -0.39 is 10.0 Å². The maximum atomic E-state index is 13.4. The van der Waals surface area contributed by atoms with Crippen molar-refractivity contribution in [2.75, 3.05) is 4.31 Å². The molecular weight excluding hydrogens is 384 g/mol. The van der Waals surface area contributed by atoms with Crippen LogP contribution in [0.3, 0.4) is 0 Å². The first kappa shape index (κ1) is 19.0. The standard InChI is InChI=1S/C23H20N2O3S/c1-18-12-14-22(15-13-18)29(26,27)25(21-10-6-3-7-11-21)16-20-17-28-23(24-20)19-8-4-2-5-9-19/h2-15,17H,16H2,1H3.